The van der Waals surface area contributed by atoms with Crippen LogP contribution in [0.3, 0.4) is 0 Å². The van der Waals surface area contributed by atoms with Gasteiger partial charge in [-0.2, -0.15) is 0 Å². The minimum atomic E-state index is 0.772. The molecule has 1 aliphatic carbocycles. The second-order valence-corrected chi connectivity index (χ2v) is 6.22. The van der Waals surface area contributed by atoms with Gasteiger partial charge in [-0.05, 0) is 37.4 Å². The number of nitrogens with zero attached hydrogens (tertiary/aromatic N) is 1. The molecule has 1 fully saturated rings. The standard InChI is InChI=1S/C18H27ClN2/c1-2-14-21(17-8-4-5-9-17)15-13-20-12-11-16-7-3-6-10-18(16)19/h2-3,6-7,10,17,20H,1,4-5,8-9,11-15H2. The summed E-state index contributed by atoms with van der Waals surface area (Å²) in [6.07, 6.45) is 8.50. The molecule has 0 heterocycles. The highest BCUT2D eigenvalue weighted by Gasteiger charge is 2.20. The van der Waals surface area contributed by atoms with Gasteiger partial charge in [0.25, 0.3) is 0 Å². The molecule has 0 atom stereocenters. The van der Waals surface area contributed by atoms with Crippen molar-refractivity contribution in [2.75, 3.05) is 26.2 Å². The van der Waals surface area contributed by atoms with E-state index in [0.717, 1.165) is 43.7 Å². The highest BCUT2D eigenvalue weighted by Crippen LogP contribution is 2.23. The van der Waals surface area contributed by atoms with Crippen molar-refractivity contribution in [1.82, 2.24) is 10.2 Å². The molecule has 2 nitrogen and oxygen atoms in total. The van der Waals surface area contributed by atoms with Crippen LogP contribution in [0.5, 0.6) is 0 Å². The number of rotatable bonds is 9. The summed E-state index contributed by atoms with van der Waals surface area (Å²) < 4.78 is 0. The summed E-state index contributed by atoms with van der Waals surface area (Å²) in [7, 11) is 0. The van der Waals surface area contributed by atoms with Gasteiger partial charge < -0.3 is 5.32 Å². The monoisotopic (exact) mass is 306 g/mol. The molecule has 0 radical (unpaired) electrons. The third-order valence-corrected chi connectivity index (χ3v) is 4.68. The van der Waals surface area contributed by atoms with Crippen LogP contribution in [0.1, 0.15) is 31.2 Å². The molecule has 1 saturated carbocycles. The topological polar surface area (TPSA) is 15.3 Å². The quantitative estimate of drug-likeness (QED) is 0.550. The normalized spacial score (nSPS) is 15.7. The van der Waals surface area contributed by atoms with Crippen molar-refractivity contribution in [1.29, 1.82) is 0 Å². The van der Waals surface area contributed by atoms with Crippen molar-refractivity contribution >= 4 is 11.6 Å². The van der Waals surface area contributed by atoms with Gasteiger partial charge in [0.15, 0.2) is 0 Å². The van der Waals surface area contributed by atoms with E-state index in [-0.39, 0.29) is 0 Å². The number of nitrogens with one attached hydrogen (secondary N) is 1. The van der Waals surface area contributed by atoms with Gasteiger partial charge in [0, 0.05) is 30.7 Å². The summed E-state index contributed by atoms with van der Waals surface area (Å²) in [4.78, 5) is 2.57. The van der Waals surface area contributed by atoms with Gasteiger partial charge in [0.05, 0.1) is 0 Å². The molecule has 1 aromatic carbocycles. The Bertz CT molecular complexity index is 427. The van der Waals surface area contributed by atoms with Crippen LogP contribution in [-0.4, -0.2) is 37.1 Å². The molecule has 1 N–H and O–H groups in total. The molecule has 0 aromatic heterocycles. The van der Waals surface area contributed by atoms with Crippen LogP contribution in [0.2, 0.25) is 5.02 Å². The van der Waals surface area contributed by atoms with Crippen molar-refractivity contribution in [3.63, 3.8) is 0 Å². The molecule has 21 heavy (non-hydrogen) atoms. The molecule has 3 heteroatoms. The van der Waals surface area contributed by atoms with Crippen LogP contribution in [0.15, 0.2) is 36.9 Å². The maximum absolute atomic E-state index is 6.17. The second kappa shape index (κ2) is 9.24. The van der Waals surface area contributed by atoms with Gasteiger partial charge in [-0.3, -0.25) is 4.90 Å². The first-order valence-corrected chi connectivity index (χ1v) is 8.48. The lowest BCUT2D eigenvalue weighted by Gasteiger charge is -2.27. The summed E-state index contributed by atoms with van der Waals surface area (Å²) in [5.41, 5.74) is 1.23. The van der Waals surface area contributed by atoms with Crippen molar-refractivity contribution in [2.45, 2.75) is 38.1 Å². The van der Waals surface area contributed by atoms with E-state index >= 15 is 0 Å². The molecule has 0 amide bonds. The fourth-order valence-corrected chi connectivity index (χ4v) is 3.36. The molecular weight excluding hydrogens is 280 g/mol. The first-order valence-electron chi connectivity index (χ1n) is 8.10. The molecule has 0 spiro atoms. The molecule has 0 unspecified atom stereocenters. The zero-order valence-corrected chi connectivity index (χ0v) is 13.6. The van der Waals surface area contributed by atoms with E-state index < -0.39 is 0 Å². The predicted octanol–water partition coefficient (Wildman–Crippen LogP) is 3.90. The second-order valence-electron chi connectivity index (χ2n) is 5.81. The summed E-state index contributed by atoms with van der Waals surface area (Å²) in [5, 5.41) is 4.41. The van der Waals surface area contributed by atoms with Crippen LogP contribution >= 0.6 is 11.6 Å². The maximum Gasteiger partial charge on any atom is 0.0438 e. The van der Waals surface area contributed by atoms with Crippen LogP contribution in [0.25, 0.3) is 0 Å². The molecule has 1 aliphatic rings. The Morgan fingerprint density at radius 1 is 1.24 bits per heavy atom. The summed E-state index contributed by atoms with van der Waals surface area (Å²) >= 11 is 6.17. The summed E-state index contributed by atoms with van der Waals surface area (Å²) in [5.74, 6) is 0. The zero-order valence-electron chi connectivity index (χ0n) is 12.9. The lowest BCUT2D eigenvalue weighted by Crippen LogP contribution is -2.39. The van der Waals surface area contributed by atoms with E-state index in [4.69, 9.17) is 11.6 Å². The predicted molar refractivity (Wildman–Crippen MR) is 92.1 cm³/mol. The molecular formula is C18H27ClN2. The molecule has 116 valence electrons. The van der Waals surface area contributed by atoms with Crippen LogP contribution in [0, 0.1) is 0 Å². The Morgan fingerprint density at radius 2 is 2.00 bits per heavy atom. The number of halogens is 1. The van der Waals surface area contributed by atoms with E-state index in [9.17, 15) is 0 Å². The molecule has 0 saturated heterocycles. The third kappa shape index (κ3) is 5.46. The lowest BCUT2D eigenvalue weighted by atomic mass is 10.1. The average Bonchev–Trinajstić information content (AvgIpc) is 3.02. The largest absolute Gasteiger partial charge is 0.315 e. The first kappa shape index (κ1) is 16.5. The minimum absolute atomic E-state index is 0.772. The van der Waals surface area contributed by atoms with E-state index in [1.54, 1.807) is 0 Å². The smallest absolute Gasteiger partial charge is 0.0438 e. The SMILES string of the molecule is C=CCN(CCNCCc1ccccc1Cl)C1CCCC1. The van der Waals surface area contributed by atoms with Crippen molar-refractivity contribution in [2.24, 2.45) is 0 Å². The fraction of sp³-hybridized carbons (Fsp3) is 0.556. The minimum Gasteiger partial charge on any atom is -0.315 e. The molecule has 1 aromatic rings. The van der Waals surface area contributed by atoms with E-state index in [1.807, 2.05) is 24.3 Å². The molecule has 0 aliphatic heterocycles. The Labute approximate surface area is 134 Å². The highest BCUT2D eigenvalue weighted by molar-refractivity contribution is 6.31. The fourth-order valence-electron chi connectivity index (χ4n) is 3.13. The number of hydrogen-bond donors (Lipinski definition) is 1. The Kier molecular flexibility index (Phi) is 7.28. The maximum atomic E-state index is 6.17. The Hall–Kier alpha value is -0.830. The van der Waals surface area contributed by atoms with Gasteiger partial charge in [-0.25, -0.2) is 0 Å². The van der Waals surface area contributed by atoms with Gasteiger partial charge in [0.1, 0.15) is 0 Å². The van der Waals surface area contributed by atoms with Crippen molar-refractivity contribution in [3.8, 4) is 0 Å². The van der Waals surface area contributed by atoms with Gasteiger partial charge in [-0.15, -0.1) is 6.58 Å². The molecule has 0 bridgehead atoms. The van der Waals surface area contributed by atoms with Crippen molar-refractivity contribution < 1.29 is 0 Å². The highest BCUT2D eigenvalue weighted by atomic mass is 35.5. The lowest BCUT2D eigenvalue weighted by molar-refractivity contribution is 0.221. The number of hydrogen-bond acceptors (Lipinski definition) is 2. The van der Waals surface area contributed by atoms with Crippen molar-refractivity contribution in [3.05, 3.63) is 47.5 Å². The summed E-state index contributed by atoms with van der Waals surface area (Å²) in [6, 6.07) is 8.87. The van der Waals surface area contributed by atoms with Gasteiger partial charge in [-0.1, -0.05) is 48.7 Å². The third-order valence-electron chi connectivity index (χ3n) is 4.31. The van der Waals surface area contributed by atoms with Crippen LogP contribution in [0.4, 0.5) is 0 Å². The first-order chi connectivity index (χ1) is 10.3. The van der Waals surface area contributed by atoms with Crippen LogP contribution in [-0.2, 0) is 6.42 Å². The Morgan fingerprint density at radius 3 is 2.71 bits per heavy atom. The van der Waals surface area contributed by atoms with Crippen LogP contribution < -0.4 is 5.32 Å². The van der Waals surface area contributed by atoms with E-state index in [1.165, 1.54) is 31.2 Å². The van der Waals surface area contributed by atoms with Gasteiger partial charge >= 0.3 is 0 Å². The van der Waals surface area contributed by atoms with Gasteiger partial charge in [0.2, 0.25) is 0 Å². The number of benzene rings is 1. The molecule has 2 rings (SSSR count). The zero-order chi connectivity index (χ0) is 14.9. The van der Waals surface area contributed by atoms with E-state index in [0.29, 0.717) is 0 Å². The van der Waals surface area contributed by atoms with E-state index in [2.05, 4.69) is 22.9 Å². The Balaban J connectivity index is 1.65. The average molecular weight is 307 g/mol. The summed E-state index contributed by atoms with van der Waals surface area (Å²) in [6.45, 7) is 8.03.